The number of hydrogen-bond acceptors (Lipinski definition) is 4. The Hall–Kier alpha value is -3.30. The molecule has 2 N–H and O–H groups in total. The monoisotopic (exact) mass is 483 g/mol. The van der Waals surface area contributed by atoms with Crippen LogP contribution in [0.5, 0.6) is 0 Å². The largest absolute Gasteiger partial charge is 0.479 e. The Bertz CT molecular complexity index is 1450. The molecule has 2 aromatic carbocycles. The van der Waals surface area contributed by atoms with Crippen LogP contribution in [0.3, 0.4) is 0 Å². The molecule has 0 unspecified atom stereocenters. The van der Waals surface area contributed by atoms with E-state index < -0.39 is 28.6 Å². The zero-order chi connectivity index (χ0) is 25.1. The topological polar surface area (TPSA) is 89.4 Å². The molecule has 7 nitrogen and oxygen atoms in total. The molecule has 5 rings (SSSR count). The Morgan fingerprint density at radius 3 is 2.60 bits per heavy atom. The van der Waals surface area contributed by atoms with Crippen LogP contribution in [-0.2, 0) is 19.7 Å². The number of carbonyl (C=O) groups is 1. The van der Waals surface area contributed by atoms with E-state index in [1.165, 1.54) is 13.2 Å². The minimum absolute atomic E-state index is 0.119. The van der Waals surface area contributed by atoms with Gasteiger partial charge in [0.2, 0.25) is 0 Å². The van der Waals surface area contributed by atoms with Gasteiger partial charge in [-0.3, -0.25) is 5.10 Å². The summed E-state index contributed by atoms with van der Waals surface area (Å²) in [6, 6.07) is 7.80. The first-order chi connectivity index (χ1) is 16.6. The maximum absolute atomic E-state index is 14.4. The number of carboxylic acids is 1. The Labute approximate surface area is 200 Å². The number of fused-ring (bicyclic) bond motifs is 2. The fraction of sp³-hybridized carbons (Fsp3) is 0.385. The number of methoxy groups -OCH3 is 2. The predicted octanol–water partition coefficient (Wildman–Crippen LogP) is 5.06. The number of aliphatic carboxylic acids is 1. The lowest BCUT2D eigenvalue weighted by Gasteiger charge is -2.44. The number of halogens is 2. The smallest absolute Gasteiger partial charge is 0.335 e. The summed E-state index contributed by atoms with van der Waals surface area (Å²) in [6.45, 7) is 4.41. The first kappa shape index (κ1) is 23.4. The number of H-pyrrole nitrogens is 1. The summed E-state index contributed by atoms with van der Waals surface area (Å²) in [6.07, 6.45) is 2.31. The molecule has 0 atom stereocenters. The number of benzene rings is 2. The normalized spacial score (nSPS) is 20.5. The van der Waals surface area contributed by atoms with Gasteiger partial charge >= 0.3 is 5.97 Å². The first-order valence-electron chi connectivity index (χ1n) is 11.4. The van der Waals surface area contributed by atoms with Crippen molar-refractivity contribution in [1.29, 1.82) is 0 Å². The number of carboxylic acid groups (broad SMARTS) is 1. The van der Waals surface area contributed by atoms with Gasteiger partial charge in [0, 0.05) is 47.9 Å². The molecule has 2 heterocycles. The van der Waals surface area contributed by atoms with Gasteiger partial charge in [0.25, 0.3) is 0 Å². The molecule has 9 heteroatoms. The van der Waals surface area contributed by atoms with Gasteiger partial charge in [-0.2, -0.15) is 5.10 Å². The summed E-state index contributed by atoms with van der Waals surface area (Å²) in [5, 5.41) is 18.7. The van der Waals surface area contributed by atoms with Gasteiger partial charge in [-0.05, 0) is 48.6 Å². The van der Waals surface area contributed by atoms with Crippen LogP contribution >= 0.6 is 0 Å². The molecule has 1 fully saturated rings. The average molecular weight is 484 g/mol. The molecule has 0 bridgehead atoms. The van der Waals surface area contributed by atoms with Crippen molar-refractivity contribution in [2.24, 2.45) is 0 Å². The number of ether oxygens (including phenoxy) is 2. The third-order valence-electron chi connectivity index (χ3n) is 7.21. The fourth-order valence-corrected chi connectivity index (χ4v) is 5.52. The lowest BCUT2D eigenvalue weighted by atomic mass is 9.65. The van der Waals surface area contributed by atoms with E-state index in [9.17, 15) is 18.7 Å². The van der Waals surface area contributed by atoms with Gasteiger partial charge in [-0.15, -0.1) is 0 Å². The van der Waals surface area contributed by atoms with E-state index in [1.807, 2.05) is 30.5 Å². The van der Waals surface area contributed by atoms with Crippen LogP contribution in [0.25, 0.3) is 27.5 Å². The quantitative estimate of drug-likeness (QED) is 0.384. The molecule has 0 saturated heterocycles. The van der Waals surface area contributed by atoms with E-state index in [4.69, 9.17) is 9.47 Å². The van der Waals surface area contributed by atoms with E-state index in [1.54, 1.807) is 19.4 Å². The van der Waals surface area contributed by atoms with Gasteiger partial charge < -0.3 is 19.1 Å². The van der Waals surface area contributed by atoms with Crippen molar-refractivity contribution in [2.45, 2.75) is 43.6 Å². The fourth-order valence-electron chi connectivity index (χ4n) is 5.52. The van der Waals surface area contributed by atoms with Crippen LogP contribution in [-0.4, -0.2) is 52.3 Å². The van der Waals surface area contributed by atoms with E-state index in [0.29, 0.717) is 25.1 Å². The van der Waals surface area contributed by atoms with E-state index in [2.05, 4.69) is 10.2 Å². The standard InChI is InChI=1S/C26H27F2N3O4/c1-25(2,13-34-3)23-22(15-10-26(11-15,35-4)24(32)33)17-9-20-14(12-29-30-20)7-21(17)31(23)16-5-6-18(27)19(28)8-16/h5-9,12,15H,10-11,13H2,1-4H3,(H,29,30)(H,32,33). The van der Waals surface area contributed by atoms with Crippen LogP contribution in [0.1, 0.15) is 43.9 Å². The van der Waals surface area contributed by atoms with Gasteiger partial charge in [-0.1, -0.05) is 13.8 Å². The number of nitrogens with zero attached hydrogens (tertiary/aromatic N) is 2. The highest BCUT2D eigenvalue weighted by Gasteiger charge is 2.53. The predicted molar refractivity (Wildman–Crippen MR) is 127 cm³/mol. The van der Waals surface area contributed by atoms with Crippen LogP contribution in [0.4, 0.5) is 8.78 Å². The van der Waals surface area contributed by atoms with Crippen LogP contribution < -0.4 is 0 Å². The molecule has 1 saturated carbocycles. The summed E-state index contributed by atoms with van der Waals surface area (Å²) in [7, 11) is 3.03. The molecule has 0 amide bonds. The van der Waals surface area contributed by atoms with Crippen molar-refractivity contribution < 1.29 is 28.2 Å². The van der Waals surface area contributed by atoms with Gasteiger partial charge in [0.1, 0.15) is 0 Å². The zero-order valence-electron chi connectivity index (χ0n) is 20.0. The van der Waals surface area contributed by atoms with E-state index >= 15 is 0 Å². The second-order valence-electron chi connectivity index (χ2n) is 9.95. The molecule has 0 spiro atoms. The Morgan fingerprint density at radius 1 is 1.23 bits per heavy atom. The van der Waals surface area contributed by atoms with Crippen molar-refractivity contribution in [3.05, 3.63) is 59.4 Å². The molecule has 0 radical (unpaired) electrons. The molecule has 0 aliphatic heterocycles. The maximum atomic E-state index is 14.4. The van der Waals surface area contributed by atoms with E-state index in [-0.39, 0.29) is 5.92 Å². The average Bonchev–Trinajstić information content (AvgIpc) is 3.36. The summed E-state index contributed by atoms with van der Waals surface area (Å²) in [5.74, 6) is -2.98. The van der Waals surface area contributed by atoms with Crippen LogP contribution in [0.15, 0.2) is 36.5 Å². The van der Waals surface area contributed by atoms with Gasteiger partial charge in [0.15, 0.2) is 17.2 Å². The third-order valence-corrected chi connectivity index (χ3v) is 7.21. The Balaban J connectivity index is 1.85. The lowest BCUT2D eigenvalue weighted by molar-refractivity contribution is -0.175. The number of rotatable bonds is 7. The molecule has 184 valence electrons. The maximum Gasteiger partial charge on any atom is 0.335 e. The van der Waals surface area contributed by atoms with Crippen LogP contribution in [0.2, 0.25) is 0 Å². The molecule has 35 heavy (non-hydrogen) atoms. The molecule has 2 aromatic heterocycles. The number of aromatic amines is 1. The highest BCUT2D eigenvalue weighted by molar-refractivity contribution is 5.99. The van der Waals surface area contributed by atoms with Crippen molar-refractivity contribution in [2.75, 3.05) is 20.8 Å². The van der Waals surface area contributed by atoms with Gasteiger partial charge in [0.05, 0.1) is 23.8 Å². The first-order valence-corrected chi connectivity index (χ1v) is 11.4. The second kappa shape index (κ2) is 8.13. The SMILES string of the molecule is COCC(C)(C)c1c(C2CC(OC)(C(=O)O)C2)c2cc3[nH]ncc3cc2n1-c1ccc(F)c(F)c1. The zero-order valence-corrected chi connectivity index (χ0v) is 20.0. The highest BCUT2D eigenvalue weighted by atomic mass is 19.2. The molecular formula is C26H27F2N3O4. The summed E-state index contributed by atoms with van der Waals surface area (Å²) in [5.41, 5.74) is 2.12. The second-order valence-corrected chi connectivity index (χ2v) is 9.95. The number of nitrogens with one attached hydrogen (secondary N) is 1. The summed E-state index contributed by atoms with van der Waals surface area (Å²) >= 11 is 0. The van der Waals surface area contributed by atoms with Crippen molar-refractivity contribution >= 4 is 27.8 Å². The Kier molecular flexibility index (Phi) is 5.45. The minimum Gasteiger partial charge on any atom is -0.479 e. The number of aromatic nitrogens is 3. The third kappa shape index (κ3) is 3.52. The Morgan fingerprint density at radius 2 is 1.97 bits per heavy atom. The minimum atomic E-state index is -1.25. The van der Waals surface area contributed by atoms with Crippen molar-refractivity contribution in [3.8, 4) is 5.69 Å². The van der Waals surface area contributed by atoms with Gasteiger partial charge in [-0.25, -0.2) is 13.6 Å². The highest BCUT2D eigenvalue weighted by Crippen LogP contribution is 2.53. The molecule has 4 aromatic rings. The summed E-state index contributed by atoms with van der Waals surface area (Å²) in [4.78, 5) is 12.0. The summed E-state index contributed by atoms with van der Waals surface area (Å²) < 4.78 is 41.2. The lowest BCUT2D eigenvalue weighted by Crippen LogP contribution is -2.51. The van der Waals surface area contributed by atoms with Crippen molar-refractivity contribution in [3.63, 3.8) is 0 Å². The molecule has 1 aliphatic carbocycles. The van der Waals surface area contributed by atoms with Crippen LogP contribution in [0, 0.1) is 11.6 Å². The van der Waals surface area contributed by atoms with E-state index in [0.717, 1.165) is 39.1 Å². The number of hydrogen-bond donors (Lipinski definition) is 2. The molecular weight excluding hydrogens is 456 g/mol. The molecule has 1 aliphatic rings. The van der Waals surface area contributed by atoms with Crippen molar-refractivity contribution in [1.82, 2.24) is 14.8 Å².